The van der Waals surface area contributed by atoms with E-state index < -0.39 is 0 Å². The number of nitrogens with one attached hydrogen (secondary N) is 1. The van der Waals surface area contributed by atoms with Gasteiger partial charge in [0.1, 0.15) is 12.4 Å². The Bertz CT molecular complexity index is 616. The molecule has 1 heterocycles. The Labute approximate surface area is 111 Å². The Morgan fingerprint density at radius 3 is 2.42 bits per heavy atom. The molecule has 0 saturated carbocycles. The van der Waals surface area contributed by atoms with Gasteiger partial charge in [-0.05, 0) is 29.8 Å². The van der Waals surface area contributed by atoms with Crippen LogP contribution in [0.5, 0.6) is 5.75 Å². The Balaban J connectivity index is 1.67. The summed E-state index contributed by atoms with van der Waals surface area (Å²) in [5, 5.41) is 0. The Morgan fingerprint density at radius 2 is 1.74 bits per heavy atom. The molecule has 94 valence electrons. The van der Waals surface area contributed by atoms with Crippen LogP contribution < -0.4 is 4.74 Å². The van der Waals surface area contributed by atoms with E-state index in [0.717, 1.165) is 17.0 Å². The van der Waals surface area contributed by atoms with Gasteiger partial charge in [-0.1, -0.05) is 30.3 Å². The fraction of sp³-hybridized carbons (Fsp3) is 0.0625. The molecule has 0 atom stereocenters. The summed E-state index contributed by atoms with van der Waals surface area (Å²) in [5.41, 5.74) is 3.18. The van der Waals surface area contributed by atoms with Crippen molar-refractivity contribution in [2.45, 2.75) is 6.61 Å². The molecule has 0 radical (unpaired) electrons. The number of hydrogen-bond donors (Lipinski definition) is 1. The van der Waals surface area contributed by atoms with Crippen molar-refractivity contribution in [3.8, 4) is 17.0 Å². The zero-order valence-electron chi connectivity index (χ0n) is 10.4. The number of imidazole rings is 1. The smallest absolute Gasteiger partial charge is 0.119 e. The summed E-state index contributed by atoms with van der Waals surface area (Å²) in [6.07, 6.45) is 3.55. The summed E-state index contributed by atoms with van der Waals surface area (Å²) in [7, 11) is 0. The van der Waals surface area contributed by atoms with E-state index >= 15 is 0 Å². The first kappa shape index (κ1) is 11.5. The van der Waals surface area contributed by atoms with Gasteiger partial charge in [0.2, 0.25) is 0 Å². The molecule has 0 saturated heterocycles. The number of aromatic amines is 1. The van der Waals surface area contributed by atoms with E-state index in [1.807, 2.05) is 48.7 Å². The lowest BCUT2D eigenvalue weighted by atomic mass is 10.1. The summed E-state index contributed by atoms with van der Waals surface area (Å²) in [6, 6.07) is 18.1. The van der Waals surface area contributed by atoms with Crippen LogP contribution in [-0.2, 0) is 6.61 Å². The van der Waals surface area contributed by atoms with Crippen LogP contribution in [0, 0.1) is 0 Å². The maximum absolute atomic E-state index is 5.74. The van der Waals surface area contributed by atoms with E-state index in [4.69, 9.17) is 4.74 Å². The first-order chi connectivity index (χ1) is 9.42. The summed E-state index contributed by atoms with van der Waals surface area (Å²) in [5.74, 6) is 0.864. The Hall–Kier alpha value is -2.55. The number of nitrogens with zero attached hydrogens (tertiary/aromatic N) is 1. The second-order valence-electron chi connectivity index (χ2n) is 4.25. The number of benzene rings is 2. The number of aromatic nitrogens is 2. The van der Waals surface area contributed by atoms with Crippen LogP contribution in [0.4, 0.5) is 0 Å². The highest BCUT2D eigenvalue weighted by atomic mass is 16.5. The van der Waals surface area contributed by atoms with Gasteiger partial charge in [-0.15, -0.1) is 0 Å². The summed E-state index contributed by atoms with van der Waals surface area (Å²) >= 11 is 0. The van der Waals surface area contributed by atoms with Crippen molar-refractivity contribution in [3.05, 3.63) is 72.7 Å². The second-order valence-corrected chi connectivity index (χ2v) is 4.25. The summed E-state index contributed by atoms with van der Waals surface area (Å²) < 4.78 is 5.74. The van der Waals surface area contributed by atoms with Crippen LogP contribution in [0.25, 0.3) is 11.3 Å². The quantitative estimate of drug-likeness (QED) is 0.767. The van der Waals surface area contributed by atoms with Gasteiger partial charge in [0.25, 0.3) is 0 Å². The van der Waals surface area contributed by atoms with E-state index in [-0.39, 0.29) is 0 Å². The second kappa shape index (κ2) is 5.40. The predicted octanol–water partition coefficient (Wildman–Crippen LogP) is 3.66. The van der Waals surface area contributed by atoms with E-state index in [9.17, 15) is 0 Å². The summed E-state index contributed by atoms with van der Waals surface area (Å²) in [4.78, 5) is 7.16. The molecule has 3 heteroatoms. The van der Waals surface area contributed by atoms with Crippen LogP contribution in [0.2, 0.25) is 0 Å². The van der Waals surface area contributed by atoms with Crippen molar-refractivity contribution in [3.63, 3.8) is 0 Å². The van der Waals surface area contributed by atoms with Gasteiger partial charge in [-0.2, -0.15) is 0 Å². The third-order valence-electron chi connectivity index (χ3n) is 2.90. The molecule has 3 rings (SSSR count). The molecule has 0 aliphatic rings. The van der Waals surface area contributed by atoms with Crippen LogP contribution in [-0.4, -0.2) is 9.97 Å². The van der Waals surface area contributed by atoms with Gasteiger partial charge in [0, 0.05) is 11.8 Å². The van der Waals surface area contributed by atoms with Crippen molar-refractivity contribution in [2.75, 3.05) is 0 Å². The first-order valence-corrected chi connectivity index (χ1v) is 6.18. The van der Waals surface area contributed by atoms with Gasteiger partial charge < -0.3 is 9.72 Å². The van der Waals surface area contributed by atoms with Crippen molar-refractivity contribution in [1.29, 1.82) is 0 Å². The van der Waals surface area contributed by atoms with E-state index in [0.29, 0.717) is 6.61 Å². The highest BCUT2D eigenvalue weighted by Crippen LogP contribution is 2.20. The van der Waals surface area contributed by atoms with Crippen molar-refractivity contribution in [1.82, 2.24) is 9.97 Å². The third kappa shape index (κ3) is 2.83. The lowest BCUT2D eigenvalue weighted by Gasteiger charge is -2.06. The highest BCUT2D eigenvalue weighted by Gasteiger charge is 2.00. The fourth-order valence-electron chi connectivity index (χ4n) is 1.88. The molecule has 0 spiro atoms. The first-order valence-electron chi connectivity index (χ1n) is 6.18. The molecule has 0 bridgehead atoms. The molecule has 1 N–H and O–H groups in total. The molecule has 0 aliphatic heterocycles. The number of H-pyrrole nitrogens is 1. The van der Waals surface area contributed by atoms with Gasteiger partial charge in [-0.3, -0.25) is 0 Å². The SMILES string of the molecule is c1ccc(COc2ccc(-c3c[nH]cn3)cc2)cc1. The van der Waals surface area contributed by atoms with Crippen molar-refractivity contribution < 1.29 is 4.74 Å². The standard InChI is InChI=1S/C16H14N2O/c1-2-4-13(5-3-1)11-19-15-8-6-14(7-9-15)16-10-17-12-18-16/h1-10,12H,11H2,(H,17,18). The number of hydrogen-bond acceptors (Lipinski definition) is 2. The molecule has 0 unspecified atom stereocenters. The molecule has 0 aliphatic carbocycles. The molecular weight excluding hydrogens is 236 g/mol. The zero-order chi connectivity index (χ0) is 12.9. The van der Waals surface area contributed by atoms with E-state index in [1.54, 1.807) is 6.33 Å². The average Bonchev–Trinajstić information content (AvgIpc) is 3.01. The number of rotatable bonds is 4. The van der Waals surface area contributed by atoms with Crippen LogP contribution in [0.15, 0.2) is 67.1 Å². The van der Waals surface area contributed by atoms with Crippen LogP contribution in [0.1, 0.15) is 5.56 Å². The number of ether oxygens (including phenoxy) is 1. The maximum atomic E-state index is 5.74. The molecule has 0 amide bonds. The topological polar surface area (TPSA) is 37.9 Å². The molecule has 3 nitrogen and oxygen atoms in total. The van der Waals surface area contributed by atoms with Gasteiger partial charge in [-0.25, -0.2) is 4.98 Å². The predicted molar refractivity (Wildman–Crippen MR) is 74.8 cm³/mol. The van der Waals surface area contributed by atoms with E-state index in [1.165, 1.54) is 5.56 Å². The Morgan fingerprint density at radius 1 is 0.947 bits per heavy atom. The van der Waals surface area contributed by atoms with E-state index in [2.05, 4.69) is 22.1 Å². The van der Waals surface area contributed by atoms with Crippen LogP contribution in [0.3, 0.4) is 0 Å². The maximum Gasteiger partial charge on any atom is 0.119 e. The van der Waals surface area contributed by atoms with Gasteiger partial charge >= 0.3 is 0 Å². The minimum atomic E-state index is 0.586. The highest BCUT2D eigenvalue weighted by molar-refractivity contribution is 5.58. The molecule has 19 heavy (non-hydrogen) atoms. The fourth-order valence-corrected chi connectivity index (χ4v) is 1.88. The molecular formula is C16H14N2O. The summed E-state index contributed by atoms with van der Waals surface area (Å²) in [6.45, 7) is 0.586. The monoisotopic (exact) mass is 250 g/mol. The molecule has 3 aromatic rings. The minimum Gasteiger partial charge on any atom is -0.489 e. The largest absolute Gasteiger partial charge is 0.489 e. The molecule has 0 fully saturated rings. The Kier molecular flexibility index (Phi) is 3.28. The normalized spacial score (nSPS) is 10.3. The van der Waals surface area contributed by atoms with Crippen LogP contribution >= 0.6 is 0 Å². The van der Waals surface area contributed by atoms with Gasteiger partial charge in [0.15, 0.2) is 0 Å². The zero-order valence-corrected chi connectivity index (χ0v) is 10.4. The lowest BCUT2D eigenvalue weighted by Crippen LogP contribution is -1.94. The van der Waals surface area contributed by atoms with Crippen molar-refractivity contribution >= 4 is 0 Å². The third-order valence-corrected chi connectivity index (χ3v) is 2.90. The molecule has 2 aromatic carbocycles. The molecule has 1 aromatic heterocycles. The lowest BCUT2D eigenvalue weighted by molar-refractivity contribution is 0.306. The average molecular weight is 250 g/mol. The van der Waals surface area contributed by atoms with Crippen molar-refractivity contribution in [2.24, 2.45) is 0 Å². The van der Waals surface area contributed by atoms with Gasteiger partial charge in [0.05, 0.1) is 12.0 Å². The minimum absolute atomic E-state index is 0.586.